The fourth-order valence-corrected chi connectivity index (χ4v) is 4.22. The van der Waals surface area contributed by atoms with Crippen LogP contribution >= 0.6 is 27.5 Å². The maximum atomic E-state index is 13.1. The molecule has 3 unspecified atom stereocenters. The molecule has 1 fully saturated rings. The van der Waals surface area contributed by atoms with Crippen molar-refractivity contribution < 1.29 is 13.2 Å². The van der Waals surface area contributed by atoms with Gasteiger partial charge in [-0.15, -0.1) is 0 Å². The molecule has 0 nitrogen and oxygen atoms in total. The van der Waals surface area contributed by atoms with E-state index in [1.54, 1.807) is 6.07 Å². The fraction of sp³-hybridized carbons (Fsp3) is 0.600. The molecule has 0 aromatic heterocycles. The lowest BCUT2D eigenvalue weighted by Crippen LogP contribution is -2.38. The van der Waals surface area contributed by atoms with Crippen LogP contribution in [0.5, 0.6) is 0 Å². The summed E-state index contributed by atoms with van der Waals surface area (Å²) in [5.41, 5.74) is 0.905. The Bertz CT molecular complexity index is 447. The molecule has 0 bridgehead atoms. The van der Waals surface area contributed by atoms with Gasteiger partial charge in [0, 0.05) is 9.85 Å². The summed E-state index contributed by atoms with van der Waals surface area (Å²) in [4.78, 5) is -0.186. The number of benzene rings is 1. The number of halogens is 5. The van der Waals surface area contributed by atoms with E-state index < -0.39 is 12.1 Å². The van der Waals surface area contributed by atoms with Crippen molar-refractivity contribution in [3.63, 3.8) is 0 Å². The number of alkyl halides is 4. The zero-order chi connectivity index (χ0) is 14.8. The predicted octanol–water partition coefficient (Wildman–Crippen LogP) is 6.01. The average molecular weight is 370 g/mol. The molecular weight excluding hydrogens is 353 g/mol. The minimum atomic E-state index is -4.10. The topological polar surface area (TPSA) is 0 Å². The number of hydrogen-bond acceptors (Lipinski definition) is 0. The van der Waals surface area contributed by atoms with Crippen LogP contribution < -0.4 is 0 Å². The van der Waals surface area contributed by atoms with E-state index in [9.17, 15) is 13.2 Å². The first kappa shape index (κ1) is 16.2. The van der Waals surface area contributed by atoms with Crippen molar-refractivity contribution in [2.45, 2.75) is 43.1 Å². The molecule has 0 heterocycles. The largest absolute Gasteiger partial charge is 0.392 e. The van der Waals surface area contributed by atoms with Gasteiger partial charge in [-0.05, 0) is 36.8 Å². The van der Waals surface area contributed by atoms with Gasteiger partial charge in [0.25, 0.3) is 0 Å². The van der Waals surface area contributed by atoms with Crippen LogP contribution in [0.3, 0.4) is 0 Å². The standard InChI is InChI=1S/C15H17BrClF3/c16-13(9-10-5-1-4-8-14(10)17)11-6-2-3-7-12(11)15(18,19)20/h1,4-5,8,11-13H,2-3,6-7,9H2. The molecule has 3 atom stereocenters. The summed E-state index contributed by atoms with van der Waals surface area (Å²) in [5.74, 6) is -1.55. The maximum Gasteiger partial charge on any atom is 0.392 e. The first-order chi connectivity index (χ1) is 9.39. The zero-order valence-corrected chi connectivity index (χ0v) is 13.3. The van der Waals surface area contributed by atoms with Crippen molar-refractivity contribution in [1.82, 2.24) is 0 Å². The molecule has 1 aromatic carbocycles. The molecular formula is C15H17BrClF3. The molecule has 2 rings (SSSR count). The Hall–Kier alpha value is -0.220. The number of rotatable bonds is 3. The molecule has 20 heavy (non-hydrogen) atoms. The van der Waals surface area contributed by atoms with E-state index in [2.05, 4.69) is 15.9 Å². The average Bonchev–Trinajstić information content (AvgIpc) is 2.40. The van der Waals surface area contributed by atoms with Crippen LogP contribution in [0.15, 0.2) is 24.3 Å². The molecule has 0 N–H and O–H groups in total. The minimum Gasteiger partial charge on any atom is -0.171 e. The van der Waals surface area contributed by atoms with Gasteiger partial charge in [-0.25, -0.2) is 0 Å². The first-order valence-corrected chi connectivity index (χ1v) is 8.13. The Labute approximate surface area is 130 Å². The smallest absolute Gasteiger partial charge is 0.171 e. The summed E-state index contributed by atoms with van der Waals surface area (Å²) in [5, 5.41) is 0.622. The van der Waals surface area contributed by atoms with Crippen LogP contribution in [0.25, 0.3) is 0 Å². The molecule has 0 aliphatic heterocycles. The molecule has 1 aliphatic carbocycles. The van der Waals surface area contributed by atoms with Gasteiger partial charge in [0.05, 0.1) is 5.92 Å². The van der Waals surface area contributed by atoms with Crippen LogP contribution in [0.1, 0.15) is 31.2 Å². The second kappa shape index (κ2) is 6.69. The monoisotopic (exact) mass is 368 g/mol. The van der Waals surface area contributed by atoms with Crippen LogP contribution in [0.4, 0.5) is 13.2 Å². The highest BCUT2D eigenvalue weighted by molar-refractivity contribution is 9.09. The van der Waals surface area contributed by atoms with E-state index >= 15 is 0 Å². The highest BCUT2D eigenvalue weighted by Crippen LogP contribution is 2.45. The highest BCUT2D eigenvalue weighted by atomic mass is 79.9. The van der Waals surface area contributed by atoms with Gasteiger partial charge in [0.2, 0.25) is 0 Å². The molecule has 0 amide bonds. The van der Waals surface area contributed by atoms with E-state index in [0.717, 1.165) is 12.0 Å². The predicted molar refractivity (Wildman–Crippen MR) is 79.4 cm³/mol. The van der Waals surface area contributed by atoms with Crippen LogP contribution in [-0.4, -0.2) is 11.0 Å². The van der Waals surface area contributed by atoms with Crippen LogP contribution in [-0.2, 0) is 6.42 Å². The van der Waals surface area contributed by atoms with E-state index in [1.807, 2.05) is 18.2 Å². The summed E-state index contributed by atoms with van der Waals surface area (Å²) >= 11 is 9.58. The second-order valence-corrected chi connectivity index (χ2v) is 6.99. The second-order valence-electron chi connectivity index (χ2n) is 5.41. The molecule has 1 saturated carbocycles. The van der Waals surface area contributed by atoms with E-state index in [0.29, 0.717) is 24.3 Å². The molecule has 112 valence electrons. The van der Waals surface area contributed by atoms with Crippen molar-refractivity contribution in [3.05, 3.63) is 34.9 Å². The van der Waals surface area contributed by atoms with Gasteiger partial charge in [-0.2, -0.15) is 13.2 Å². The molecule has 1 aliphatic rings. The minimum absolute atomic E-state index is 0.186. The Morgan fingerprint density at radius 3 is 2.50 bits per heavy atom. The van der Waals surface area contributed by atoms with E-state index in [4.69, 9.17) is 11.6 Å². The van der Waals surface area contributed by atoms with Crippen molar-refractivity contribution in [3.8, 4) is 0 Å². The Morgan fingerprint density at radius 2 is 1.85 bits per heavy atom. The van der Waals surface area contributed by atoms with Gasteiger partial charge in [0.15, 0.2) is 0 Å². The van der Waals surface area contributed by atoms with Gasteiger partial charge in [-0.1, -0.05) is 58.6 Å². The van der Waals surface area contributed by atoms with Crippen LogP contribution in [0, 0.1) is 11.8 Å². The van der Waals surface area contributed by atoms with E-state index in [-0.39, 0.29) is 17.2 Å². The SMILES string of the molecule is FC(F)(F)C1CCCCC1C(Br)Cc1ccccc1Cl. The summed E-state index contributed by atoms with van der Waals surface area (Å²) in [6.07, 6.45) is -1.13. The molecule has 0 spiro atoms. The summed E-state index contributed by atoms with van der Waals surface area (Å²) < 4.78 is 39.4. The van der Waals surface area contributed by atoms with E-state index in [1.165, 1.54) is 0 Å². The van der Waals surface area contributed by atoms with Crippen LogP contribution in [0.2, 0.25) is 5.02 Å². The summed E-state index contributed by atoms with van der Waals surface area (Å²) in [7, 11) is 0. The van der Waals surface area contributed by atoms with Crippen molar-refractivity contribution >= 4 is 27.5 Å². The van der Waals surface area contributed by atoms with Gasteiger partial charge in [0.1, 0.15) is 0 Å². The number of hydrogen-bond donors (Lipinski definition) is 0. The quantitative estimate of drug-likeness (QED) is 0.572. The molecule has 1 aromatic rings. The third kappa shape index (κ3) is 3.91. The third-order valence-corrected chi connectivity index (χ3v) is 5.45. The fourth-order valence-electron chi connectivity index (χ4n) is 3.02. The normalized spacial score (nSPS) is 25.4. The Morgan fingerprint density at radius 1 is 1.20 bits per heavy atom. The zero-order valence-electron chi connectivity index (χ0n) is 11.0. The summed E-state index contributed by atoms with van der Waals surface area (Å²) in [6.45, 7) is 0. The van der Waals surface area contributed by atoms with Gasteiger partial charge in [-0.3, -0.25) is 0 Å². The molecule has 5 heteroatoms. The highest BCUT2D eigenvalue weighted by Gasteiger charge is 2.47. The lowest BCUT2D eigenvalue weighted by atomic mass is 9.76. The molecule has 0 saturated heterocycles. The van der Waals surface area contributed by atoms with Crippen molar-refractivity contribution in [2.24, 2.45) is 11.8 Å². The van der Waals surface area contributed by atoms with Crippen molar-refractivity contribution in [1.29, 1.82) is 0 Å². The lowest BCUT2D eigenvalue weighted by molar-refractivity contribution is -0.196. The van der Waals surface area contributed by atoms with Gasteiger partial charge >= 0.3 is 6.18 Å². The Kier molecular flexibility index (Phi) is 5.41. The van der Waals surface area contributed by atoms with Gasteiger partial charge < -0.3 is 0 Å². The molecule has 0 radical (unpaired) electrons. The summed E-state index contributed by atoms with van der Waals surface area (Å²) in [6, 6.07) is 7.35. The maximum absolute atomic E-state index is 13.1. The third-order valence-electron chi connectivity index (χ3n) is 4.08. The first-order valence-electron chi connectivity index (χ1n) is 6.84. The lowest BCUT2D eigenvalue weighted by Gasteiger charge is -2.36. The Balaban J connectivity index is 2.10. The van der Waals surface area contributed by atoms with Crippen molar-refractivity contribution in [2.75, 3.05) is 0 Å².